The van der Waals surface area contributed by atoms with E-state index in [2.05, 4.69) is 25.3 Å². The van der Waals surface area contributed by atoms with Gasteiger partial charge in [-0.2, -0.15) is 4.98 Å². The second kappa shape index (κ2) is 7.22. The number of para-hydroxylation sites is 2. The molecule has 8 nitrogen and oxygen atoms in total. The van der Waals surface area contributed by atoms with E-state index in [1.807, 2.05) is 31.2 Å². The van der Waals surface area contributed by atoms with E-state index in [1.54, 1.807) is 7.11 Å². The van der Waals surface area contributed by atoms with Crippen LogP contribution in [0.5, 0.6) is 5.75 Å². The number of nitrogens with zero attached hydrogens (tertiary/aromatic N) is 4. The molecule has 27 heavy (non-hydrogen) atoms. The van der Waals surface area contributed by atoms with Crippen LogP contribution in [0.2, 0.25) is 0 Å². The van der Waals surface area contributed by atoms with Crippen molar-refractivity contribution in [2.45, 2.75) is 19.8 Å². The molecule has 140 valence electrons. The lowest BCUT2D eigenvalue weighted by Gasteiger charge is -2.32. The van der Waals surface area contributed by atoms with Crippen LogP contribution in [-0.2, 0) is 4.79 Å². The number of methoxy groups -OCH3 is 1. The minimum Gasteiger partial charge on any atom is -0.495 e. The molecule has 0 atom stereocenters. The van der Waals surface area contributed by atoms with Crippen molar-refractivity contribution in [1.29, 1.82) is 0 Å². The average molecular weight is 367 g/mol. The van der Waals surface area contributed by atoms with E-state index in [-0.39, 0.29) is 11.8 Å². The lowest BCUT2D eigenvalue weighted by Crippen LogP contribution is -2.38. The fraction of sp³-hybridized carbons (Fsp3) is 0.368. The molecule has 2 aromatic heterocycles. The predicted molar refractivity (Wildman–Crippen MR) is 101 cm³/mol. The summed E-state index contributed by atoms with van der Waals surface area (Å²) in [6.07, 6.45) is 2.98. The van der Waals surface area contributed by atoms with Crippen LogP contribution in [0.15, 0.2) is 35.1 Å². The standard InChI is InChI=1S/C19H21N5O3/c1-12-16-17(20-11-21-19(16)27-23-12)24-9-7-13(8-10-24)18(25)22-14-5-3-4-6-15(14)26-2/h3-6,11,13H,7-10H2,1-2H3,(H,22,25). The first-order valence-electron chi connectivity index (χ1n) is 8.93. The number of aryl methyl sites for hydroxylation is 1. The molecular formula is C19H21N5O3. The number of fused-ring (bicyclic) bond motifs is 1. The Balaban J connectivity index is 1.44. The van der Waals surface area contributed by atoms with Crippen LogP contribution in [0.3, 0.4) is 0 Å². The summed E-state index contributed by atoms with van der Waals surface area (Å²) in [5, 5.41) is 7.81. The Bertz CT molecular complexity index is 963. The second-order valence-corrected chi connectivity index (χ2v) is 6.60. The van der Waals surface area contributed by atoms with Gasteiger partial charge in [-0.25, -0.2) is 4.98 Å². The van der Waals surface area contributed by atoms with Crippen LogP contribution in [-0.4, -0.2) is 41.2 Å². The van der Waals surface area contributed by atoms with Crippen molar-refractivity contribution in [3.63, 3.8) is 0 Å². The summed E-state index contributed by atoms with van der Waals surface area (Å²) in [5.74, 6) is 1.46. The molecule has 0 saturated carbocycles. The topological polar surface area (TPSA) is 93.4 Å². The maximum absolute atomic E-state index is 12.7. The van der Waals surface area contributed by atoms with Gasteiger partial charge in [-0.05, 0) is 31.9 Å². The van der Waals surface area contributed by atoms with E-state index < -0.39 is 0 Å². The van der Waals surface area contributed by atoms with Gasteiger partial charge in [-0.3, -0.25) is 4.79 Å². The Morgan fingerprint density at radius 3 is 2.81 bits per heavy atom. The van der Waals surface area contributed by atoms with E-state index in [0.717, 1.165) is 42.8 Å². The van der Waals surface area contributed by atoms with Crippen LogP contribution in [0.25, 0.3) is 11.1 Å². The molecule has 0 radical (unpaired) electrons. The summed E-state index contributed by atoms with van der Waals surface area (Å²) in [6, 6.07) is 7.43. The van der Waals surface area contributed by atoms with Crippen molar-refractivity contribution in [2.24, 2.45) is 5.92 Å². The van der Waals surface area contributed by atoms with Gasteiger partial charge in [0.25, 0.3) is 5.71 Å². The molecule has 1 aliphatic rings. The zero-order valence-electron chi connectivity index (χ0n) is 15.3. The van der Waals surface area contributed by atoms with Gasteiger partial charge < -0.3 is 19.5 Å². The number of anilines is 2. The average Bonchev–Trinajstić information content (AvgIpc) is 3.10. The molecule has 0 bridgehead atoms. The van der Waals surface area contributed by atoms with Crippen LogP contribution in [0.1, 0.15) is 18.5 Å². The van der Waals surface area contributed by atoms with Gasteiger partial charge in [0.1, 0.15) is 23.3 Å². The van der Waals surface area contributed by atoms with Crippen molar-refractivity contribution in [3.05, 3.63) is 36.3 Å². The molecular weight excluding hydrogens is 346 g/mol. The van der Waals surface area contributed by atoms with Gasteiger partial charge in [-0.15, -0.1) is 0 Å². The van der Waals surface area contributed by atoms with Crippen molar-refractivity contribution in [1.82, 2.24) is 15.1 Å². The van der Waals surface area contributed by atoms with E-state index in [0.29, 0.717) is 17.2 Å². The lowest BCUT2D eigenvalue weighted by molar-refractivity contribution is -0.120. The summed E-state index contributed by atoms with van der Waals surface area (Å²) in [4.78, 5) is 23.4. The number of aromatic nitrogens is 3. The van der Waals surface area contributed by atoms with Crippen molar-refractivity contribution in [3.8, 4) is 5.75 Å². The van der Waals surface area contributed by atoms with Gasteiger partial charge in [0.2, 0.25) is 5.91 Å². The van der Waals surface area contributed by atoms with E-state index >= 15 is 0 Å². The highest BCUT2D eigenvalue weighted by Gasteiger charge is 2.28. The van der Waals surface area contributed by atoms with Crippen LogP contribution < -0.4 is 15.0 Å². The fourth-order valence-corrected chi connectivity index (χ4v) is 3.48. The Labute approximate surface area is 156 Å². The zero-order valence-corrected chi connectivity index (χ0v) is 15.3. The Morgan fingerprint density at radius 2 is 2.04 bits per heavy atom. The minimum atomic E-state index is -0.0490. The van der Waals surface area contributed by atoms with Crippen LogP contribution >= 0.6 is 0 Å². The maximum atomic E-state index is 12.7. The highest BCUT2D eigenvalue weighted by atomic mass is 16.5. The van der Waals surface area contributed by atoms with Crippen molar-refractivity contribution in [2.75, 3.05) is 30.4 Å². The third-order valence-corrected chi connectivity index (χ3v) is 4.95. The number of amides is 1. The first-order valence-corrected chi connectivity index (χ1v) is 8.93. The Hall–Kier alpha value is -3.16. The number of hydrogen-bond acceptors (Lipinski definition) is 7. The molecule has 1 amide bonds. The summed E-state index contributed by atoms with van der Waals surface area (Å²) in [6.45, 7) is 3.35. The van der Waals surface area contributed by atoms with Crippen LogP contribution in [0.4, 0.5) is 11.5 Å². The molecule has 1 saturated heterocycles. The second-order valence-electron chi connectivity index (χ2n) is 6.60. The molecule has 0 spiro atoms. The summed E-state index contributed by atoms with van der Waals surface area (Å²) >= 11 is 0. The zero-order chi connectivity index (χ0) is 18.8. The number of hydrogen-bond donors (Lipinski definition) is 1. The summed E-state index contributed by atoms with van der Waals surface area (Å²) < 4.78 is 10.5. The van der Waals surface area contributed by atoms with Gasteiger partial charge in [0.05, 0.1) is 18.5 Å². The fourth-order valence-electron chi connectivity index (χ4n) is 3.48. The first kappa shape index (κ1) is 17.3. The Kier molecular flexibility index (Phi) is 4.62. The molecule has 3 aromatic rings. The summed E-state index contributed by atoms with van der Waals surface area (Å²) in [7, 11) is 1.60. The molecule has 0 aliphatic carbocycles. The maximum Gasteiger partial charge on any atom is 0.263 e. The van der Waals surface area contributed by atoms with Gasteiger partial charge in [0, 0.05) is 19.0 Å². The monoisotopic (exact) mass is 367 g/mol. The molecule has 1 N–H and O–H groups in total. The number of carbonyl (C=O) groups is 1. The highest BCUT2D eigenvalue weighted by Crippen LogP contribution is 2.30. The first-order chi connectivity index (χ1) is 13.2. The van der Waals surface area contributed by atoms with Crippen molar-refractivity contribution < 1.29 is 14.1 Å². The number of piperidine rings is 1. The molecule has 8 heteroatoms. The SMILES string of the molecule is COc1ccccc1NC(=O)C1CCN(c2ncnc3onc(C)c23)CC1. The largest absolute Gasteiger partial charge is 0.495 e. The van der Waals surface area contributed by atoms with Gasteiger partial charge in [0.15, 0.2) is 0 Å². The molecule has 4 rings (SSSR count). The Morgan fingerprint density at radius 1 is 1.26 bits per heavy atom. The normalized spacial score (nSPS) is 15.1. The number of benzene rings is 1. The smallest absolute Gasteiger partial charge is 0.263 e. The molecule has 3 heterocycles. The molecule has 1 aliphatic heterocycles. The van der Waals surface area contributed by atoms with E-state index in [9.17, 15) is 4.79 Å². The molecule has 1 aromatic carbocycles. The van der Waals surface area contributed by atoms with Crippen molar-refractivity contribution >= 4 is 28.5 Å². The third-order valence-electron chi connectivity index (χ3n) is 4.95. The quantitative estimate of drug-likeness (QED) is 0.758. The number of ether oxygens (including phenoxy) is 1. The predicted octanol–water partition coefficient (Wildman–Crippen LogP) is 2.79. The number of nitrogens with one attached hydrogen (secondary N) is 1. The van der Waals surface area contributed by atoms with E-state index in [1.165, 1.54) is 6.33 Å². The third kappa shape index (κ3) is 3.30. The van der Waals surface area contributed by atoms with Crippen LogP contribution in [0, 0.1) is 12.8 Å². The van der Waals surface area contributed by atoms with Gasteiger partial charge in [-0.1, -0.05) is 17.3 Å². The minimum absolute atomic E-state index is 0.0214. The number of rotatable bonds is 4. The van der Waals surface area contributed by atoms with E-state index in [4.69, 9.17) is 9.26 Å². The number of carbonyl (C=O) groups excluding carboxylic acids is 1. The summed E-state index contributed by atoms with van der Waals surface area (Å²) in [5.41, 5.74) is 1.97. The lowest BCUT2D eigenvalue weighted by atomic mass is 9.95. The van der Waals surface area contributed by atoms with Gasteiger partial charge >= 0.3 is 0 Å². The molecule has 0 unspecified atom stereocenters. The highest BCUT2D eigenvalue weighted by molar-refractivity contribution is 5.94. The molecule has 1 fully saturated rings.